The fourth-order valence-corrected chi connectivity index (χ4v) is 5.20. The first-order valence-corrected chi connectivity index (χ1v) is 11.4. The van der Waals surface area contributed by atoms with E-state index < -0.39 is 28.2 Å². The Hall–Kier alpha value is -2.14. The Morgan fingerprint density at radius 3 is 2.76 bits per heavy atom. The molecule has 0 saturated carbocycles. The Morgan fingerprint density at radius 2 is 2.10 bits per heavy atom. The third kappa shape index (κ3) is 4.40. The van der Waals surface area contributed by atoms with Gasteiger partial charge >= 0.3 is 6.09 Å². The van der Waals surface area contributed by atoms with Crippen LogP contribution >= 0.6 is 15.9 Å². The number of nitrogens with zero attached hydrogens (tertiary/aromatic N) is 2. The van der Waals surface area contributed by atoms with Crippen LogP contribution in [0.3, 0.4) is 0 Å². The molecule has 0 bridgehead atoms. The van der Waals surface area contributed by atoms with Crippen molar-refractivity contribution in [2.75, 3.05) is 19.0 Å². The summed E-state index contributed by atoms with van der Waals surface area (Å²) in [5.41, 5.74) is 0.422. The van der Waals surface area contributed by atoms with Gasteiger partial charge in [-0.25, -0.2) is 4.79 Å². The second-order valence-electron chi connectivity index (χ2n) is 7.26. The first kappa shape index (κ1) is 21.6. The molecule has 9 nitrogen and oxygen atoms in total. The molecule has 158 valence electrons. The van der Waals surface area contributed by atoms with Crippen molar-refractivity contribution in [3.63, 3.8) is 0 Å². The van der Waals surface area contributed by atoms with Crippen LogP contribution in [-0.2, 0) is 19.6 Å². The van der Waals surface area contributed by atoms with Gasteiger partial charge in [0.25, 0.3) is 10.0 Å². The maximum Gasteiger partial charge on any atom is 0.407 e. The van der Waals surface area contributed by atoms with Gasteiger partial charge in [-0.15, -0.1) is 4.40 Å². The monoisotopic (exact) mass is 486 g/mol. The first-order valence-electron chi connectivity index (χ1n) is 9.20. The molecule has 0 aromatic heterocycles. The van der Waals surface area contributed by atoms with Crippen LogP contribution in [0.15, 0.2) is 32.0 Å². The van der Waals surface area contributed by atoms with E-state index in [9.17, 15) is 18.0 Å². The van der Waals surface area contributed by atoms with Gasteiger partial charge < -0.3 is 20.3 Å². The van der Waals surface area contributed by atoms with E-state index in [2.05, 4.69) is 35.7 Å². The van der Waals surface area contributed by atoms with Crippen LogP contribution < -0.4 is 10.6 Å². The predicted octanol–water partition coefficient (Wildman–Crippen LogP) is 2.33. The first-order chi connectivity index (χ1) is 13.6. The number of rotatable bonds is 4. The molecule has 2 aliphatic heterocycles. The molecule has 1 saturated heterocycles. The summed E-state index contributed by atoms with van der Waals surface area (Å²) in [6.45, 7) is 4.08. The van der Waals surface area contributed by atoms with Crippen molar-refractivity contribution in [1.29, 1.82) is 0 Å². The maximum atomic E-state index is 13.2. The quantitative estimate of drug-likeness (QED) is 0.674. The number of halogens is 1. The minimum Gasteiger partial charge on any atom is -0.453 e. The van der Waals surface area contributed by atoms with E-state index >= 15 is 0 Å². The third-order valence-corrected chi connectivity index (χ3v) is 6.77. The second kappa shape index (κ2) is 8.31. The van der Waals surface area contributed by atoms with E-state index in [4.69, 9.17) is 0 Å². The molecule has 2 amide bonds. The highest BCUT2D eigenvalue weighted by Gasteiger charge is 2.40. The minimum atomic E-state index is -3.89. The third-order valence-electron chi connectivity index (χ3n) is 4.95. The number of benzene rings is 1. The van der Waals surface area contributed by atoms with E-state index in [-0.39, 0.29) is 22.6 Å². The molecule has 2 N–H and O–H groups in total. The number of amidine groups is 1. The molecule has 0 spiro atoms. The second-order valence-corrected chi connectivity index (χ2v) is 9.75. The summed E-state index contributed by atoms with van der Waals surface area (Å²) in [6.07, 6.45) is 0.582. The number of anilines is 1. The van der Waals surface area contributed by atoms with E-state index in [1.807, 2.05) is 13.8 Å². The molecule has 11 heteroatoms. The summed E-state index contributed by atoms with van der Waals surface area (Å²) in [5, 5.41) is 5.64. The van der Waals surface area contributed by atoms with E-state index in [0.29, 0.717) is 29.5 Å². The van der Waals surface area contributed by atoms with E-state index in [0.717, 1.165) is 0 Å². The van der Waals surface area contributed by atoms with E-state index in [1.165, 1.54) is 13.2 Å². The summed E-state index contributed by atoms with van der Waals surface area (Å²) in [6, 6.07) is 3.58. The number of amides is 2. The Balaban J connectivity index is 1.89. The van der Waals surface area contributed by atoms with Gasteiger partial charge in [-0.1, -0.05) is 29.8 Å². The number of fused-ring (bicyclic) bond motifs is 1. The highest BCUT2D eigenvalue weighted by Crippen LogP contribution is 2.32. The SMILES string of the molecule is COC(=O)N[C@H](C(=O)N1CCC[C@H]1C1=NS(=O)(=O)c2cc(Br)ccc2N1)C(C)C. The van der Waals surface area contributed by atoms with Crippen molar-refractivity contribution in [2.45, 2.75) is 43.7 Å². The van der Waals surface area contributed by atoms with Gasteiger partial charge in [-0.3, -0.25) is 4.79 Å². The minimum absolute atomic E-state index is 0.0823. The van der Waals surface area contributed by atoms with Crippen molar-refractivity contribution >= 4 is 49.5 Å². The zero-order valence-electron chi connectivity index (χ0n) is 16.3. The summed E-state index contributed by atoms with van der Waals surface area (Å²) in [4.78, 5) is 26.5. The highest BCUT2D eigenvalue weighted by atomic mass is 79.9. The summed E-state index contributed by atoms with van der Waals surface area (Å²) < 4.78 is 34.5. The lowest BCUT2D eigenvalue weighted by Crippen LogP contribution is -2.54. The topological polar surface area (TPSA) is 117 Å². The molecule has 1 aromatic rings. The molecular weight excluding hydrogens is 464 g/mol. The van der Waals surface area contributed by atoms with Crippen LogP contribution in [0.25, 0.3) is 0 Å². The Bertz CT molecular complexity index is 963. The Morgan fingerprint density at radius 1 is 1.38 bits per heavy atom. The molecule has 2 aliphatic rings. The number of carbonyl (C=O) groups is 2. The van der Waals surface area contributed by atoms with Crippen molar-refractivity contribution < 1.29 is 22.7 Å². The van der Waals surface area contributed by atoms with Gasteiger partial charge in [0.05, 0.1) is 18.8 Å². The van der Waals surface area contributed by atoms with Gasteiger partial charge in [0, 0.05) is 11.0 Å². The van der Waals surface area contributed by atoms with Crippen LogP contribution in [-0.4, -0.2) is 56.9 Å². The fourth-order valence-electron chi connectivity index (χ4n) is 3.49. The zero-order valence-corrected chi connectivity index (χ0v) is 18.7. The molecule has 2 atom stereocenters. The van der Waals surface area contributed by atoms with Crippen LogP contribution in [0.1, 0.15) is 26.7 Å². The van der Waals surface area contributed by atoms with Crippen LogP contribution in [0, 0.1) is 5.92 Å². The standard InChI is InChI=1S/C18H23BrN4O5S/c1-10(2)15(21-18(25)28-3)17(24)23-8-4-5-13(23)16-20-12-7-6-11(19)9-14(12)29(26,27)22-16/h6-7,9-10,13,15H,4-5,8H2,1-3H3,(H,20,22)(H,21,25)/t13-,15-/m0/s1. The zero-order chi connectivity index (χ0) is 21.3. The number of ether oxygens (including phenoxy) is 1. The van der Waals surface area contributed by atoms with Gasteiger partial charge in [0.1, 0.15) is 16.8 Å². The lowest BCUT2D eigenvalue weighted by Gasteiger charge is -2.32. The average Bonchev–Trinajstić information content (AvgIpc) is 3.15. The number of carbonyl (C=O) groups excluding carboxylic acids is 2. The van der Waals surface area contributed by atoms with Crippen molar-refractivity contribution in [3.8, 4) is 0 Å². The maximum absolute atomic E-state index is 13.2. The Labute approximate surface area is 178 Å². The molecule has 1 aromatic carbocycles. The predicted molar refractivity (Wildman–Crippen MR) is 111 cm³/mol. The molecule has 29 heavy (non-hydrogen) atoms. The van der Waals surface area contributed by atoms with E-state index in [1.54, 1.807) is 17.0 Å². The fraction of sp³-hybridized carbons (Fsp3) is 0.500. The Kier molecular flexibility index (Phi) is 6.18. The number of alkyl carbamates (subject to hydrolysis) is 1. The molecule has 0 aliphatic carbocycles. The largest absolute Gasteiger partial charge is 0.453 e. The van der Waals surface area contributed by atoms with Crippen LogP contribution in [0.2, 0.25) is 0 Å². The van der Waals surface area contributed by atoms with Crippen LogP contribution in [0.4, 0.5) is 10.5 Å². The molecule has 2 heterocycles. The van der Waals surface area contributed by atoms with Gasteiger partial charge in [-0.05, 0) is 37.0 Å². The molecule has 0 radical (unpaired) electrons. The smallest absolute Gasteiger partial charge is 0.407 e. The normalized spacial score (nSPS) is 21.1. The van der Waals surface area contributed by atoms with Gasteiger partial charge in [-0.2, -0.15) is 8.42 Å². The summed E-state index contributed by atoms with van der Waals surface area (Å²) in [5.74, 6) is -0.256. The van der Waals surface area contributed by atoms with Crippen molar-refractivity contribution in [2.24, 2.45) is 10.3 Å². The highest BCUT2D eigenvalue weighted by molar-refractivity contribution is 9.10. The van der Waals surface area contributed by atoms with Gasteiger partial charge in [0.2, 0.25) is 5.91 Å². The number of nitrogens with one attached hydrogen (secondary N) is 2. The van der Waals surface area contributed by atoms with Crippen LogP contribution in [0.5, 0.6) is 0 Å². The molecular formula is C18H23BrN4O5S. The summed E-state index contributed by atoms with van der Waals surface area (Å²) in [7, 11) is -2.66. The lowest BCUT2D eigenvalue weighted by molar-refractivity contribution is -0.134. The number of methoxy groups -OCH3 is 1. The van der Waals surface area contributed by atoms with Crippen molar-refractivity contribution in [3.05, 3.63) is 22.7 Å². The number of hydrogen-bond acceptors (Lipinski definition) is 6. The average molecular weight is 487 g/mol. The molecule has 0 unspecified atom stereocenters. The van der Waals surface area contributed by atoms with Gasteiger partial charge in [0.15, 0.2) is 0 Å². The number of likely N-dealkylation sites (tertiary alicyclic amines) is 1. The molecule has 3 rings (SSSR count). The summed E-state index contributed by atoms with van der Waals surface area (Å²) >= 11 is 3.27. The lowest BCUT2D eigenvalue weighted by atomic mass is 10.0. The number of hydrogen-bond donors (Lipinski definition) is 2. The number of sulfonamides is 1. The molecule has 1 fully saturated rings. The van der Waals surface area contributed by atoms with Crippen molar-refractivity contribution in [1.82, 2.24) is 10.2 Å².